The minimum absolute atomic E-state index is 0.119. The van der Waals surface area contributed by atoms with Crippen LogP contribution in [0.3, 0.4) is 0 Å². The summed E-state index contributed by atoms with van der Waals surface area (Å²) in [5.74, 6) is -1.39. The van der Waals surface area contributed by atoms with Crippen molar-refractivity contribution in [3.8, 4) is 33.8 Å². The zero-order valence-corrected chi connectivity index (χ0v) is 41.1. The number of aliphatic hydroxyl groups is 4. The molecular formula is C53H69F2N3O12. The second-order valence-electron chi connectivity index (χ2n) is 19.1. The molecule has 17 heteroatoms. The van der Waals surface area contributed by atoms with Gasteiger partial charge in [0.2, 0.25) is 24.4 Å². The van der Waals surface area contributed by atoms with Crippen molar-refractivity contribution in [1.82, 2.24) is 16.0 Å². The Balaban J connectivity index is 0.000000225. The number of benzene rings is 4. The van der Waals surface area contributed by atoms with Crippen LogP contribution in [-0.2, 0) is 36.7 Å². The highest BCUT2D eigenvalue weighted by Gasteiger charge is 2.49. The summed E-state index contributed by atoms with van der Waals surface area (Å²) >= 11 is 0. The van der Waals surface area contributed by atoms with Crippen LogP contribution in [0.15, 0.2) is 84.9 Å². The Morgan fingerprint density at radius 3 is 1.40 bits per heavy atom. The van der Waals surface area contributed by atoms with E-state index in [9.17, 15) is 43.6 Å². The molecule has 382 valence electrons. The first kappa shape index (κ1) is 55.4. The number of carboxylic acids is 1. The van der Waals surface area contributed by atoms with Crippen molar-refractivity contribution >= 4 is 17.8 Å². The van der Waals surface area contributed by atoms with E-state index >= 15 is 0 Å². The van der Waals surface area contributed by atoms with Gasteiger partial charge in [-0.05, 0) is 142 Å². The van der Waals surface area contributed by atoms with Crippen molar-refractivity contribution in [1.29, 1.82) is 0 Å². The van der Waals surface area contributed by atoms with Crippen molar-refractivity contribution in [3.63, 3.8) is 0 Å². The Kier molecular flexibility index (Phi) is 19.4. The lowest BCUT2D eigenvalue weighted by Crippen LogP contribution is -2.59. The predicted octanol–water partition coefficient (Wildman–Crippen LogP) is 5.91. The lowest BCUT2D eigenvalue weighted by atomic mass is 9.82. The normalized spacial score (nSPS) is 25.5. The molecule has 3 saturated heterocycles. The molecule has 0 aromatic heterocycles. The summed E-state index contributed by atoms with van der Waals surface area (Å²) < 4.78 is 51.4. The van der Waals surface area contributed by atoms with E-state index in [0.717, 1.165) is 41.6 Å². The van der Waals surface area contributed by atoms with Crippen molar-refractivity contribution < 1.29 is 67.6 Å². The van der Waals surface area contributed by atoms with E-state index in [-0.39, 0.29) is 41.3 Å². The van der Waals surface area contributed by atoms with Crippen LogP contribution in [0.2, 0.25) is 0 Å². The largest absolute Gasteiger partial charge is 0.480 e. The summed E-state index contributed by atoms with van der Waals surface area (Å²) in [6.07, 6.45) is -3.61. The molecule has 0 spiro atoms. The number of carboxylic acid groups (broad SMARTS) is 1. The standard InChI is InChI=1S/2C24H30FNO5.C5H9NO2/c2*1-14-21(28)22(29)23(31-24(14,3)4)30-19-9-8-16(10-11-26-15(2)27)20(13-19)17-6-5-7-18(25)12-17;7-5(8)4-2-1-3-6-4/h2*5-9,12-14,21-23,28-29H,10-11H2,1-4H3,(H,26,27);4,6H,1-3H2,(H,7,8)/t;;4-/m..0/s1. The van der Waals surface area contributed by atoms with Crippen LogP contribution < -0.4 is 25.4 Å². The maximum atomic E-state index is 13.9. The van der Waals surface area contributed by atoms with Gasteiger partial charge < -0.3 is 60.4 Å². The third-order valence-corrected chi connectivity index (χ3v) is 13.1. The van der Waals surface area contributed by atoms with Gasteiger partial charge in [-0.15, -0.1) is 0 Å². The van der Waals surface area contributed by atoms with Crippen molar-refractivity contribution in [3.05, 3.63) is 108 Å². The van der Waals surface area contributed by atoms with Gasteiger partial charge in [0, 0.05) is 38.8 Å². The van der Waals surface area contributed by atoms with Gasteiger partial charge in [-0.25, -0.2) is 8.78 Å². The summed E-state index contributed by atoms with van der Waals surface area (Å²) in [5.41, 5.74) is 3.28. The summed E-state index contributed by atoms with van der Waals surface area (Å²) in [5, 5.41) is 58.4. The Bertz CT molecular complexity index is 2240. The first-order valence-corrected chi connectivity index (χ1v) is 23.6. The average Bonchev–Trinajstić information content (AvgIpc) is 3.86. The molecule has 3 heterocycles. The third-order valence-electron chi connectivity index (χ3n) is 13.1. The van der Waals surface area contributed by atoms with E-state index in [2.05, 4.69) is 16.0 Å². The quantitative estimate of drug-likeness (QED) is 0.0782. The van der Waals surface area contributed by atoms with Gasteiger partial charge in [-0.3, -0.25) is 14.4 Å². The van der Waals surface area contributed by atoms with E-state index in [0.29, 0.717) is 48.6 Å². The van der Waals surface area contributed by atoms with Crippen LogP contribution >= 0.6 is 0 Å². The van der Waals surface area contributed by atoms with Crippen LogP contribution in [0.25, 0.3) is 22.3 Å². The number of nitrogens with one attached hydrogen (secondary N) is 3. The SMILES string of the molecule is CC(=O)NCCc1ccc(OC2OC(C)(C)C(C)C(O)C2O)cc1-c1cccc(F)c1.CC(=O)NCCc1ccc(OC2OC(C)(C)C(C)C(O)C2O)cc1-c1cccc(F)c1.O=C(O)[C@@H]1CCCN1. The summed E-state index contributed by atoms with van der Waals surface area (Å²) in [6, 6.07) is 22.9. The van der Waals surface area contributed by atoms with Gasteiger partial charge >= 0.3 is 5.97 Å². The van der Waals surface area contributed by atoms with Gasteiger partial charge in [-0.2, -0.15) is 0 Å². The lowest BCUT2D eigenvalue weighted by Gasteiger charge is -2.46. The Morgan fingerprint density at radius 2 is 1.07 bits per heavy atom. The van der Waals surface area contributed by atoms with Gasteiger partial charge in [0.1, 0.15) is 41.4 Å². The number of carbonyl (C=O) groups is 3. The molecule has 8 unspecified atom stereocenters. The molecule has 3 fully saturated rings. The predicted molar refractivity (Wildman–Crippen MR) is 259 cm³/mol. The molecule has 0 bridgehead atoms. The maximum Gasteiger partial charge on any atom is 0.320 e. The van der Waals surface area contributed by atoms with Crippen LogP contribution in [0.1, 0.15) is 79.4 Å². The third kappa shape index (κ3) is 15.0. The monoisotopic (exact) mass is 977 g/mol. The minimum Gasteiger partial charge on any atom is -0.480 e. The highest BCUT2D eigenvalue weighted by Crippen LogP contribution is 2.38. The first-order valence-electron chi connectivity index (χ1n) is 23.6. The number of amides is 2. The molecule has 0 radical (unpaired) electrons. The Labute approximate surface area is 408 Å². The summed E-state index contributed by atoms with van der Waals surface area (Å²) in [6.45, 7) is 15.6. The molecule has 70 heavy (non-hydrogen) atoms. The Hall–Kier alpha value is -5.53. The molecular weight excluding hydrogens is 909 g/mol. The number of aliphatic hydroxyl groups excluding tert-OH is 4. The number of halogens is 2. The fourth-order valence-electron chi connectivity index (χ4n) is 8.33. The van der Waals surface area contributed by atoms with Crippen LogP contribution in [0.5, 0.6) is 11.5 Å². The van der Waals surface area contributed by atoms with Crippen molar-refractivity contribution in [2.75, 3.05) is 19.6 Å². The van der Waals surface area contributed by atoms with Crippen LogP contribution in [-0.4, -0.2) is 117 Å². The Morgan fingerprint density at radius 1 is 0.657 bits per heavy atom. The van der Waals surface area contributed by atoms with Crippen molar-refractivity contribution in [2.24, 2.45) is 11.8 Å². The second kappa shape index (κ2) is 24.5. The average molecular weight is 978 g/mol. The molecule has 4 aromatic carbocycles. The van der Waals surface area contributed by atoms with Crippen LogP contribution in [0.4, 0.5) is 8.78 Å². The highest BCUT2D eigenvalue weighted by molar-refractivity contribution is 5.74. The number of ether oxygens (including phenoxy) is 4. The number of rotatable bonds is 13. The summed E-state index contributed by atoms with van der Waals surface area (Å²) in [4.78, 5) is 32.5. The van der Waals surface area contributed by atoms with Gasteiger partial charge in [-0.1, -0.05) is 50.2 Å². The number of carbonyl (C=O) groups excluding carboxylic acids is 2. The molecule has 4 aromatic rings. The molecule has 9 atom stereocenters. The molecule has 0 saturated carbocycles. The molecule has 3 aliphatic rings. The van der Waals surface area contributed by atoms with Gasteiger partial charge in [0.05, 0.1) is 23.4 Å². The molecule has 15 nitrogen and oxygen atoms in total. The first-order chi connectivity index (χ1) is 33.0. The van der Waals surface area contributed by atoms with E-state index < -0.39 is 54.2 Å². The molecule has 0 aliphatic carbocycles. The number of aliphatic carboxylic acids is 1. The minimum atomic E-state index is -1.21. The van der Waals surface area contributed by atoms with E-state index in [1.54, 1.807) is 48.5 Å². The van der Waals surface area contributed by atoms with E-state index in [1.165, 1.54) is 38.1 Å². The summed E-state index contributed by atoms with van der Waals surface area (Å²) in [7, 11) is 0. The molecule has 8 N–H and O–H groups in total. The van der Waals surface area contributed by atoms with Crippen molar-refractivity contribution in [2.45, 2.75) is 135 Å². The van der Waals surface area contributed by atoms with E-state index in [4.69, 9.17) is 24.1 Å². The van der Waals surface area contributed by atoms with Gasteiger partial charge in [0.15, 0.2) is 0 Å². The van der Waals surface area contributed by atoms with E-state index in [1.807, 2.05) is 53.7 Å². The van der Waals surface area contributed by atoms with Gasteiger partial charge in [0.25, 0.3) is 0 Å². The zero-order chi connectivity index (χ0) is 51.5. The van der Waals surface area contributed by atoms with Crippen LogP contribution in [0, 0.1) is 23.5 Å². The molecule has 3 aliphatic heterocycles. The fraction of sp³-hybridized carbons (Fsp3) is 0.491. The smallest absolute Gasteiger partial charge is 0.320 e. The highest BCUT2D eigenvalue weighted by atomic mass is 19.1. The second-order valence-corrected chi connectivity index (χ2v) is 19.1. The fourth-order valence-corrected chi connectivity index (χ4v) is 8.33. The molecule has 7 rings (SSSR count). The maximum absolute atomic E-state index is 13.9. The lowest BCUT2D eigenvalue weighted by molar-refractivity contribution is -0.285. The number of hydrogen-bond acceptors (Lipinski definition) is 12. The number of hydrogen-bond donors (Lipinski definition) is 8. The zero-order valence-electron chi connectivity index (χ0n) is 41.1. The topological polar surface area (TPSA) is 225 Å². The molecule has 2 amide bonds.